The third kappa shape index (κ3) is 5.37. The van der Waals surface area contributed by atoms with Crippen molar-refractivity contribution in [2.45, 2.75) is 45.3 Å². The summed E-state index contributed by atoms with van der Waals surface area (Å²) in [5.41, 5.74) is -0.462. The van der Waals surface area contributed by atoms with Crippen LogP contribution in [-0.2, 0) is 9.47 Å². The number of rotatable bonds is 3. The van der Waals surface area contributed by atoms with Gasteiger partial charge in [-0.1, -0.05) is 0 Å². The second kappa shape index (κ2) is 6.21. The lowest BCUT2D eigenvalue weighted by molar-refractivity contribution is -0.0459. The second-order valence-corrected chi connectivity index (χ2v) is 5.28. The van der Waals surface area contributed by atoms with E-state index in [1.54, 1.807) is 4.90 Å². The highest BCUT2D eigenvalue weighted by Crippen LogP contribution is 2.15. The number of aliphatic hydroxyl groups is 1. The average Bonchev–Trinajstić information content (AvgIpc) is 2.24. The van der Waals surface area contributed by atoms with Crippen molar-refractivity contribution in [2.24, 2.45) is 0 Å². The van der Waals surface area contributed by atoms with Crippen LogP contribution in [0.1, 0.15) is 33.6 Å². The molecule has 5 nitrogen and oxygen atoms in total. The zero-order valence-electron chi connectivity index (χ0n) is 10.9. The number of hydrogen-bond donors (Lipinski definition) is 1. The predicted molar refractivity (Wildman–Crippen MR) is 63.9 cm³/mol. The van der Waals surface area contributed by atoms with Crippen LogP contribution in [0, 0.1) is 0 Å². The number of aliphatic hydroxyl groups excluding tert-OH is 1. The van der Waals surface area contributed by atoms with E-state index in [4.69, 9.17) is 14.6 Å². The van der Waals surface area contributed by atoms with Crippen LogP contribution in [0.15, 0.2) is 0 Å². The Bertz CT molecular complexity index is 249. The molecule has 1 amide bonds. The minimum Gasteiger partial charge on any atom is -0.444 e. The number of amides is 1. The molecule has 5 heteroatoms. The smallest absolute Gasteiger partial charge is 0.410 e. The first-order valence-electron chi connectivity index (χ1n) is 6.13. The molecule has 0 radical (unpaired) electrons. The second-order valence-electron chi connectivity index (χ2n) is 5.28. The topological polar surface area (TPSA) is 59.0 Å². The molecule has 1 atom stereocenters. The van der Waals surface area contributed by atoms with Crippen LogP contribution in [0.2, 0.25) is 0 Å². The molecule has 0 aromatic carbocycles. The summed E-state index contributed by atoms with van der Waals surface area (Å²) in [7, 11) is 0. The lowest BCUT2D eigenvalue weighted by Gasteiger charge is -2.34. The normalized spacial score (nSPS) is 21.4. The molecule has 0 unspecified atom stereocenters. The van der Waals surface area contributed by atoms with Gasteiger partial charge in [0, 0.05) is 13.2 Å². The summed E-state index contributed by atoms with van der Waals surface area (Å²) in [6.45, 7) is 7.39. The van der Waals surface area contributed by atoms with Crippen LogP contribution in [0.3, 0.4) is 0 Å². The first-order valence-corrected chi connectivity index (χ1v) is 6.13. The van der Waals surface area contributed by atoms with Crippen molar-refractivity contribution < 1.29 is 19.4 Å². The van der Waals surface area contributed by atoms with Gasteiger partial charge in [0.25, 0.3) is 0 Å². The van der Waals surface area contributed by atoms with Crippen molar-refractivity contribution >= 4 is 6.09 Å². The van der Waals surface area contributed by atoms with Gasteiger partial charge >= 0.3 is 6.09 Å². The molecule has 0 aromatic rings. The zero-order chi connectivity index (χ0) is 12.9. The van der Waals surface area contributed by atoms with Crippen molar-refractivity contribution in [1.29, 1.82) is 0 Å². The molecule has 1 fully saturated rings. The number of nitrogens with zero attached hydrogens (tertiary/aromatic N) is 1. The van der Waals surface area contributed by atoms with Gasteiger partial charge in [-0.15, -0.1) is 0 Å². The molecule has 1 N–H and O–H groups in total. The van der Waals surface area contributed by atoms with Gasteiger partial charge in [-0.25, -0.2) is 4.79 Å². The van der Waals surface area contributed by atoms with E-state index in [0.29, 0.717) is 26.1 Å². The highest BCUT2D eigenvalue weighted by molar-refractivity contribution is 5.68. The highest BCUT2D eigenvalue weighted by atomic mass is 16.6. The van der Waals surface area contributed by atoms with E-state index in [-0.39, 0.29) is 18.8 Å². The van der Waals surface area contributed by atoms with E-state index in [1.807, 2.05) is 20.8 Å². The van der Waals surface area contributed by atoms with Crippen molar-refractivity contribution in [1.82, 2.24) is 4.90 Å². The van der Waals surface area contributed by atoms with Crippen LogP contribution < -0.4 is 0 Å². The van der Waals surface area contributed by atoms with Gasteiger partial charge < -0.3 is 19.5 Å². The number of carbonyl (C=O) groups excluding carboxylic acids is 1. The van der Waals surface area contributed by atoms with Gasteiger partial charge in [-0.05, 0) is 33.6 Å². The Morgan fingerprint density at radius 3 is 2.82 bits per heavy atom. The van der Waals surface area contributed by atoms with E-state index < -0.39 is 5.60 Å². The predicted octanol–water partition coefficient (Wildman–Crippen LogP) is 1.39. The summed E-state index contributed by atoms with van der Waals surface area (Å²) in [6, 6.07) is 0. The highest BCUT2D eigenvalue weighted by Gasteiger charge is 2.27. The van der Waals surface area contributed by atoms with E-state index in [0.717, 1.165) is 6.42 Å². The number of ether oxygens (including phenoxy) is 2. The fourth-order valence-corrected chi connectivity index (χ4v) is 1.71. The summed E-state index contributed by atoms with van der Waals surface area (Å²) in [5.74, 6) is 0. The van der Waals surface area contributed by atoms with Gasteiger partial charge in [0.1, 0.15) is 5.60 Å². The van der Waals surface area contributed by atoms with E-state index in [2.05, 4.69) is 0 Å². The molecule has 0 bridgehead atoms. The monoisotopic (exact) mass is 245 g/mol. The van der Waals surface area contributed by atoms with E-state index >= 15 is 0 Å². The first kappa shape index (κ1) is 14.3. The van der Waals surface area contributed by atoms with Crippen LogP contribution >= 0.6 is 0 Å². The van der Waals surface area contributed by atoms with Gasteiger partial charge in [0.2, 0.25) is 0 Å². The summed E-state index contributed by atoms with van der Waals surface area (Å²) in [4.78, 5) is 13.5. The van der Waals surface area contributed by atoms with Crippen LogP contribution in [0.5, 0.6) is 0 Å². The maximum absolute atomic E-state index is 11.8. The molecular formula is C12H23NO4. The molecule has 0 saturated carbocycles. The largest absolute Gasteiger partial charge is 0.444 e. The summed E-state index contributed by atoms with van der Waals surface area (Å²) in [5, 5.41) is 8.76. The summed E-state index contributed by atoms with van der Waals surface area (Å²) in [6.07, 6.45) is 1.21. The quantitative estimate of drug-likeness (QED) is 0.816. The fourth-order valence-electron chi connectivity index (χ4n) is 1.71. The van der Waals surface area contributed by atoms with Crippen LogP contribution in [0.4, 0.5) is 4.79 Å². The maximum atomic E-state index is 11.8. The molecular weight excluding hydrogens is 222 g/mol. The summed E-state index contributed by atoms with van der Waals surface area (Å²) >= 11 is 0. The molecule has 0 aliphatic carbocycles. The molecule has 1 aliphatic rings. The standard InChI is InChI=1S/C12H23NO4/c1-12(2,3)17-11(15)13-6-8-16-10(9-13)5-4-7-14/h10,14H,4-9H2,1-3H3/t10-/m0/s1. The average molecular weight is 245 g/mol. The molecule has 0 aromatic heterocycles. The Kier molecular flexibility index (Phi) is 5.21. The third-order valence-electron chi connectivity index (χ3n) is 2.47. The molecule has 1 aliphatic heterocycles. The Morgan fingerprint density at radius 1 is 1.53 bits per heavy atom. The van der Waals surface area contributed by atoms with Crippen LogP contribution in [-0.4, -0.2) is 54.1 Å². The number of morpholine rings is 1. The minimum absolute atomic E-state index is 0.0171. The Labute approximate surface area is 103 Å². The van der Waals surface area contributed by atoms with Gasteiger partial charge in [-0.3, -0.25) is 0 Å². The van der Waals surface area contributed by atoms with Crippen molar-refractivity contribution in [3.63, 3.8) is 0 Å². The maximum Gasteiger partial charge on any atom is 0.410 e. The molecule has 0 spiro atoms. The third-order valence-corrected chi connectivity index (χ3v) is 2.47. The molecule has 1 saturated heterocycles. The fraction of sp³-hybridized carbons (Fsp3) is 0.917. The Balaban J connectivity index is 2.40. The minimum atomic E-state index is -0.462. The lowest BCUT2D eigenvalue weighted by atomic mass is 10.1. The van der Waals surface area contributed by atoms with Crippen LogP contribution in [0.25, 0.3) is 0 Å². The van der Waals surface area contributed by atoms with Gasteiger partial charge in [0.15, 0.2) is 0 Å². The van der Waals surface area contributed by atoms with E-state index in [9.17, 15) is 4.79 Å². The molecule has 100 valence electrons. The molecule has 17 heavy (non-hydrogen) atoms. The van der Waals surface area contributed by atoms with Crippen molar-refractivity contribution in [2.75, 3.05) is 26.3 Å². The van der Waals surface area contributed by atoms with Crippen molar-refractivity contribution in [3.8, 4) is 0 Å². The lowest BCUT2D eigenvalue weighted by Crippen LogP contribution is -2.47. The van der Waals surface area contributed by atoms with E-state index in [1.165, 1.54) is 0 Å². The van der Waals surface area contributed by atoms with Crippen molar-refractivity contribution in [3.05, 3.63) is 0 Å². The SMILES string of the molecule is CC(C)(C)OC(=O)N1CCO[C@@H](CCCO)C1. The Hall–Kier alpha value is -0.810. The number of hydrogen-bond acceptors (Lipinski definition) is 4. The summed E-state index contributed by atoms with van der Waals surface area (Å²) < 4.78 is 10.8. The Morgan fingerprint density at radius 2 is 2.24 bits per heavy atom. The molecule has 1 rings (SSSR count). The number of carbonyl (C=O) groups is 1. The van der Waals surface area contributed by atoms with Gasteiger partial charge in [-0.2, -0.15) is 0 Å². The van der Waals surface area contributed by atoms with Gasteiger partial charge in [0.05, 0.1) is 19.3 Å². The first-order chi connectivity index (χ1) is 7.92. The molecule has 1 heterocycles. The zero-order valence-corrected chi connectivity index (χ0v) is 10.9.